The maximum atomic E-state index is 13.6. The van der Waals surface area contributed by atoms with E-state index in [4.69, 9.17) is 0 Å². The second-order valence-corrected chi connectivity index (χ2v) is 14.4. The molecule has 0 radical (unpaired) electrons. The van der Waals surface area contributed by atoms with E-state index in [0.717, 1.165) is 51.6 Å². The van der Waals surface area contributed by atoms with Crippen molar-refractivity contribution in [3.63, 3.8) is 0 Å². The highest BCUT2D eigenvalue weighted by molar-refractivity contribution is 7.23. The van der Waals surface area contributed by atoms with Gasteiger partial charge in [-0.05, 0) is 59.4 Å². The summed E-state index contributed by atoms with van der Waals surface area (Å²) in [5.41, 5.74) is 5.78. The van der Waals surface area contributed by atoms with Crippen LogP contribution in [0.2, 0.25) is 0 Å². The van der Waals surface area contributed by atoms with Crippen molar-refractivity contribution in [2.24, 2.45) is 0 Å². The Kier molecular flexibility index (Phi) is 6.83. The van der Waals surface area contributed by atoms with Gasteiger partial charge in [0.15, 0.2) is 11.6 Å². The Balaban J connectivity index is 1.28. The Labute approximate surface area is 284 Å². The lowest BCUT2D eigenvalue weighted by molar-refractivity contribution is 0.103. The minimum atomic E-state index is -0.199. The average molecular weight is 655 g/mol. The molecular weight excluding hydrogens is 633 g/mol. The van der Waals surface area contributed by atoms with Crippen molar-refractivity contribution in [2.75, 3.05) is 0 Å². The zero-order valence-corrected chi connectivity index (χ0v) is 27.0. The van der Waals surface area contributed by atoms with Crippen LogP contribution >= 0.6 is 22.7 Å². The highest BCUT2D eigenvalue weighted by atomic mass is 32.1. The highest BCUT2D eigenvalue weighted by Crippen LogP contribution is 2.61. The van der Waals surface area contributed by atoms with E-state index in [1.165, 1.54) is 11.1 Å². The molecule has 1 spiro atoms. The van der Waals surface area contributed by atoms with Gasteiger partial charge in [-0.1, -0.05) is 67.8 Å². The van der Waals surface area contributed by atoms with E-state index in [9.17, 15) is 30.6 Å². The number of rotatable bonds is 2. The van der Waals surface area contributed by atoms with Gasteiger partial charge in [-0.3, -0.25) is 9.59 Å². The van der Waals surface area contributed by atoms with E-state index in [1.807, 2.05) is 36.4 Å². The van der Waals surface area contributed by atoms with Crippen LogP contribution in [0, 0.1) is 45.3 Å². The second kappa shape index (κ2) is 11.1. The number of carbonyl (C=O) groups is 2. The molecule has 0 atom stereocenters. The number of fused-ring (bicyclic) bond motifs is 7. The molecule has 1 saturated carbocycles. The SMILES string of the molecule is N#CC(C#N)=C1/C(=C/c2cc3c(s2)-c2sc(/C=C4\C(=O)c5ccccc5C4=C(C#N)C#N)cc2C32CCCCC2)C(=O)c2ccccc21. The highest BCUT2D eigenvalue weighted by Gasteiger charge is 2.46. The van der Waals surface area contributed by atoms with Crippen molar-refractivity contribution in [3.8, 4) is 34.0 Å². The third kappa shape index (κ3) is 4.11. The summed E-state index contributed by atoms with van der Waals surface area (Å²) in [6.45, 7) is 0. The van der Waals surface area contributed by atoms with Crippen LogP contribution in [0.25, 0.3) is 33.1 Å². The summed E-state index contributed by atoms with van der Waals surface area (Å²) in [6, 6.07) is 26.5. The molecule has 0 unspecified atom stereocenters. The van der Waals surface area contributed by atoms with Crippen LogP contribution in [-0.4, -0.2) is 11.6 Å². The summed E-state index contributed by atoms with van der Waals surface area (Å²) in [5, 5.41) is 39.1. The molecule has 226 valence electrons. The van der Waals surface area contributed by atoms with Crippen LogP contribution in [0.5, 0.6) is 0 Å². The van der Waals surface area contributed by atoms with Crippen molar-refractivity contribution >= 4 is 57.5 Å². The fourth-order valence-electron chi connectivity index (χ4n) is 7.83. The number of nitriles is 4. The van der Waals surface area contributed by atoms with Crippen molar-refractivity contribution < 1.29 is 9.59 Å². The van der Waals surface area contributed by atoms with Gasteiger partial charge in [-0.25, -0.2) is 0 Å². The normalized spacial score (nSPS) is 18.2. The maximum Gasteiger partial charge on any atom is 0.194 e. The van der Waals surface area contributed by atoms with Gasteiger partial charge in [-0.2, -0.15) is 21.0 Å². The Morgan fingerprint density at radius 2 is 1.00 bits per heavy atom. The van der Waals surface area contributed by atoms with E-state index in [0.29, 0.717) is 44.5 Å². The fraction of sp³-hybridized carbons (Fsp3) is 0.150. The Bertz CT molecular complexity index is 2270. The zero-order valence-electron chi connectivity index (χ0n) is 25.4. The van der Waals surface area contributed by atoms with Crippen LogP contribution in [0.15, 0.2) is 83.0 Å². The molecule has 4 aliphatic carbocycles. The quantitative estimate of drug-likeness (QED) is 0.156. The number of nitrogens with zero attached hydrogens (tertiary/aromatic N) is 4. The molecule has 0 amide bonds. The monoisotopic (exact) mass is 654 g/mol. The van der Waals surface area contributed by atoms with Gasteiger partial charge < -0.3 is 0 Å². The van der Waals surface area contributed by atoms with Gasteiger partial charge >= 0.3 is 0 Å². The third-order valence-electron chi connectivity index (χ3n) is 9.88. The van der Waals surface area contributed by atoms with Crippen LogP contribution in [0.1, 0.15) is 84.8 Å². The lowest BCUT2D eigenvalue weighted by Crippen LogP contribution is -2.27. The molecule has 0 saturated heterocycles. The van der Waals surface area contributed by atoms with Crippen molar-refractivity contribution in [1.82, 2.24) is 0 Å². The maximum absolute atomic E-state index is 13.6. The molecule has 2 aromatic carbocycles. The first-order valence-corrected chi connectivity index (χ1v) is 17.2. The summed E-state index contributed by atoms with van der Waals surface area (Å²) in [4.78, 5) is 31.3. The number of hydrogen-bond donors (Lipinski definition) is 0. The minimum Gasteiger partial charge on any atom is -0.289 e. The summed E-state index contributed by atoms with van der Waals surface area (Å²) in [7, 11) is 0. The summed E-state index contributed by atoms with van der Waals surface area (Å²) in [6.07, 6.45) is 8.96. The number of carbonyl (C=O) groups excluding carboxylic acids is 2. The minimum absolute atomic E-state index is 0.0846. The van der Waals surface area contributed by atoms with E-state index in [-0.39, 0.29) is 28.1 Å². The Morgan fingerprint density at radius 3 is 1.40 bits per heavy atom. The topological polar surface area (TPSA) is 129 Å². The molecular formula is C40H22N4O2S2. The van der Waals surface area contributed by atoms with Crippen LogP contribution in [0.4, 0.5) is 0 Å². The molecule has 6 nitrogen and oxygen atoms in total. The zero-order chi connectivity index (χ0) is 33.2. The van der Waals surface area contributed by atoms with Gasteiger partial charge in [0.25, 0.3) is 0 Å². The number of thiophene rings is 2. The average Bonchev–Trinajstić information content (AvgIpc) is 3.90. The van der Waals surface area contributed by atoms with E-state index >= 15 is 0 Å². The lowest BCUT2D eigenvalue weighted by atomic mass is 9.68. The summed E-state index contributed by atoms with van der Waals surface area (Å²) in [5.74, 6) is -0.397. The van der Waals surface area contributed by atoms with Crippen molar-refractivity contribution in [1.29, 1.82) is 21.0 Å². The molecule has 48 heavy (non-hydrogen) atoms. The Morgan fingerprint density at radius 1 is 0.604 bits per heavy atom. The first-order chi connectivity index (χ1) is 23.4. The standard InChI is InChI=1S/C40H22N4O2S2/c41-18-22(19-42)34-26-8-2-4-10-28(26)36(45)30(34)14-24-16-32-38(47-24)39-33(40(32)12-6-1-7-13-40)17-25(48-39)15-31-35(23(20-43)21-44)27-9-3-5-11-29(27)37(31)46/h2-5,8-11,14-17H,1,6-7,12-13H2/b30-14-,31-15-. The predicted octanol–water partition coefficient (Wildman–Crippen LogP) is 9.20. The van der Waals surface area contributed by atoms with Crippen LogP contribution < -0.4 is 0 Å². The largest absolute Gasteiger partial charge is 0.289 e. The van der Waals surface area contributed by atoms with Crippen molar-refractivity contribution in [2.45, 2.75) is 37.5 Å². The van der Waals surface area contributed by atoms with Gasteiger partial charge in [0.2, 0.25) is 0 Å². The molecule has 2 heterocycles. The predicted molar refractivity (Wildman–Crippen MR) is 185 cm³/mol. The number of hydrogen-bond acceptors (Lipinski definition) is 8. The molecule has 4 aliphatic rings. The summed E-state index contributed by atoms with van der Waals surface area (Å²) < 4.78 is 0. The molecule has 8 rings (SSSR count). The molecule has 0 aliphatic heterocycles. The van der Waals surface area contributed by atoms with Gasteiger partial charge in [0, 0.05) is 58.3 Å². The second-order valence-electron chi connectivity index (χ2n) is 12.2. The number of benzene rings is 2. The summed E-state index contributed by atoms with van der Waals surface area (Å²) >= 11 is 3.20. The van der Waals surface area contributed by atoms with E-state index in [1.54, 1.807) is 71.2 Å². The smallest absolute Gasteiger partial charge is 0.194 e. The van der Waals surface area contributed by atoms with Crippen LogP contribution in [-0.2, 0) is 5.41 Å². The molecule has 2 aromatic heterocycles. The van der Waals surface area contributed by atoms with E-state index in [2.05, 4.69) is 12.1 Å². The van der Waals surface area contributed by atoms with Gasteiger partial charge in [0.1, 0.15) is 35.4 Å². The van der Waals surface area contributed by atoms with Crippen LogP contribution in [0.3, 0.4) is 0 Å². The van der Waals surface area contributed by atoms with Gasteiger partial charge in [0.05, 0.1) is 0 Å². The molecule has 0 bridgehead atoms. The molecule has 4 aromatic rings. The molecule has 0 N–H and O–H groups in total. The number of ketones is 2. The van der Waals surface area contributed by atoms with E-state index < -0.39 is 0 Å². The Hall–Kier alpha value is -5.90. The van der Waals surface area contributed by atoms with Crippen molar-refractivity contribution in [3.05, 3.63) is 126 Å². The third-order valence-corrected chi connectivity index (χ3v) is 12.2. The molecule has 8 heteroatoms. The lowest BCUT2D eigenvalue weighted by Gasteiger charge is -2.34. The van der Waals surface area contributed by atoms with Gasteiger partial charge in [-0.15, -0.1) is 22.7 Å². The first-order valence-electron chi connectivity index (χ1n) is 15.5. The molecule has 1 fully saturated rings. The number of Topliss-reactive ketones (excluding diaryl/α,β-unsaturated/α-hetero) is 2. The first kappa shape index (κ1) is 29.5. The fourth-order valence-corrected chi connectivity index (χ4v) is 10.4. The number of allylic oxidation sites excluding steroid dienone is 6.